The van der Waals surface area contributed by atoms with Gasteiger partial charge in [-0.1, -0.05) is 6.07 Å². The van der Waals surface area contributed by atoms with Crippen molar-refractivity contribution in [2.24, 2.45) is 0 Å². The van der Waals surface area contributed by atoms with Crippen LogP contribution in [0.25, 0.3) is 0 Å². The van der Waals surface area contributed by atoms with Crippen molar-refractivity contribution in [3.8, 4) is 5.75 Å². The summed E-state index contributed by atoms with van der Waals surface area (Å²) in [6.45, 7) is 2.74. The highest BCUT2D eigenvalue weighted by Crippen LogP contribution is 2.40. The molecule has 2 aliphatic heterocycles. The van der Waals surface area contributed by atoms with Gasteiger partial charge in [0.05, 0.1) is 0 Å². The van der Waals surface area contributed by atoms with Gasteiger partial charge in [0.2, 0.25) is 0 Å². The van der Waals surface area contributed by atoms with Crippen LogP contribution in [-0.2, 0) is 17.6 Å². The van der Waals surface area contributed by atoms with Gasteiger partial charge in [0.1, 0.15) is 5.75 Å². The predicted octanol–water partition coefficient (Wildman–Crippen LogP) is 2.37. The van der Waals surface area contributed by atoms with Crippen molar-refractivity contribution in [3.05, 3.63) is 23.3 Å². The normalized spacial score (nSPS) is 17.8. The summed E-state index contributed by atoms with van der Waals surface area (Å²) in [7, 11) is 1.66. The smallest absolute Gasteiger partial charge is 0.188 e. The summed E-state index contributed by atoms with van der Waals surface area (Å²) in [5, 5.41) is 0. The predicted molar refractivity (Wildman–Crippen MR) is 67.8 cm³/mol. The highest BCUT2D eigenvalue weighted by atomic mass is 16.7. The molecule has 0 fully saturated rings. The molecule has 0 spiro atoms. The van der Waals surface area contributed by atoms with Gasteiger partial charge in [-0.05, 0) is 37.3 Å². The number of anilines is 1. The maximum absolute atomic E-state index is 5.68. The summed E-state index contributed by atoms with van der Waals surface area (Å²) in [5.41, 5.74) is 4.34. The number of nitrogens with zero attached hydrogens (tertiary/aromatic N) is 1. The minimum Gasteiger partial charge on any atom is -0.467 e. The minimum absolute atomic E-state index is 0.339. The highest BCUT2D eigenvalue weighted by molar-refractivity contribution is 5.67. The molecule has 1 aromatic rings. The van der Waals surface area contributed by atoms with Crippen LogP contribution in [0.2, 0.25) is 0 Å². The number of methoxy groups -OCH3 is 1. The summed E-state index contributed by atoms with van der Waals surface area (Å²) < 4.78 is 10.7. The van der Waals surface area contributed by atoms with E-state index in [0.717, 1.165) is 12.2 Å². The maximum atomic E-state index is 5.68. The third-order valence-corrected chi connectivity index (χ3v) is 3.70. The summed E-state index contributed by atoms with van der Waals surface area (Å²) in [5.74, 6) is 1.01. The average molecular weight is 233 g/mol. The second-order valence-electron chi connectivity index (χ2n) is 4.80. The van der Waals surface area contributed by atoms with E-state index < -0.39 is 0 Å². The molecule has 0 saturated carbocycles. The Bertz CT molecular complexity index is 415. The molecular formula is C14H19NO2. The Kier molecular flexibility index (Phi) is 2.93. The van der Waals surface area contributed by atoms with Crippen LogP contribution in [0, 0.1) is 0 Å². The molecule has 0 aliphatic carbocycles. The lowest BCUT2D eigenvalue weighted by molar-refractivity contribution is 0.0503. The van der Waals surface area contributed by atoms with Crippen LogP contribution < -0.4 is 9.64 Å². The van der Waals surface area contributed by atoms with Crippen molar-refractivity contribution in [1.82, 2.24) is 0 Å². The van der Waals surface area contributed by atoms with Crippen LogP contribution in [0.15, 0.2) is 12.1 Å². The first-order valence-corrected chi connectivity index (χ1v) is 6.41. The Labute approximate surface area is 102 Å². The first-order valence-electron chi connectivity index (χ1n) is 6.41. The number of hydrogen-bond acceptors (Lipinski definition) is 3. The number of rotatable bonds is 3. The fraction of sp³-hybridized carbons (Fsp3) is 0.571. The molecule has 0 unspecified atom stereocenters. The molecule has 2 aliphatic rings. The largest absolute Gasteiger partial charge is 0.467 e. The van der Waals surface area contributed by atoms with Crippen molar-refractivity contribution >= 4 is 5.69 Å². The van der Waals surface area contributed by atoms with E-state index in [1.807, 2.05) is 0 Å². The van der Waals surface area contributed by atoms with Gasteiger partial charge in [0.15, 0.2) is 6.79 Å². The van der Waals surface area contributed by atoms with E-state index >= 15 is 0 Å². The van der Waals surface area contributed by atoms with E-state index in [1.54, 1.807) is 7.11 Å². The molecule has 1 aromatic carbocycles. The topological polar surface area (TPSA) is 21.7 Å². The SMILES string of the molecule is COCOc1ccc2c3c1CCCN3CCC2. The summed E-state index contributed by atoms with van der Waals surface area (Å²) in [4.78, 5) is 2.53. The van der Waals surface area contributed by atoms with E-state index in [0.29, 0.717) is 6.79 Å². The molecule has 3 heteroatoms. The molecule has 0 N–H and O–H groups in total. The zero-order valence-corrected chi connectivity index (χ0v) is 10.4. The minimum atomic E-state index is 0.339. The molecule has 0 aromatic heterocycles. The van der Waals surface area contributed by atoms with E-state index in [9.17, 15) is 0 Å². The van der Waals surface area contributed by atoms with Gasteiger partial charge >= 0.3 is 0 Å². The van der Waals surface area contributed by atoms with Gasteiger partial charge in [0, 0.05) is 31.5 Å². The lowest BCUT2D eigenvalue weighted by Crippen LogP contribution is -2.34. The number of ether oxygens (including phenoxy) is 2. The van der Waals surface area contributed by atoms with E-state index in [4.69, 9.17) is 9.47 Å². The zero-order chi connectivity index (χ0) is 11.7. The van der Waals surface area contributed by atoms with Crippen molar-refractivity contribution in [1.29, 1.82) is 0 Å². The molecule has 17 heavy (non-hydrogen) atoms. The lowest BCUT2D eigenvalue weighted by atomic mass is 9.91. The molecule has 3 nitrogen and oxygen atoms in total. The maximum Gasteiger partial charge on any atom is 0.188 e. The lowest BCUT2D eigenvalue weighted by Gasteiger charge is -2.37. The van der Waals surface area contributed by atoms with Gasteiger partial charge in [-0.15, -0.1) is 0 Å². The molecule has 0 bridgehead atoms. The number of hydrogen-bond donors (Lipinski definition) is 0. The van der Waals surface area contributed by atoms with Crippen molar-refractivity contribution < 1.29 is 9.47 Å². The van der Waals surface area contributed by atoms with Gasteiger partial charge in [0.25, 0.3) is 0 Å². The second kappa shape index (κ2) is 4.57. The van der Waals surface area contributed by atoms with Gasteiger partial charge < -0.3 is 14.4 Å². The molecule has 3 rings (SSSR count). The van der Waals surface area contributed by atoms with E-state index in [2.05, 4.69) is 17.0 Å². The summed E-state index contributed by atoms with van der Waals surface area (Å²) in [6, 6.07) is 4.34. The number of aryl methyl sites for hydroxylation is 1. The second-order valence-corrected chi connectivity index (χ2v) is 4.80. The highest BCUT2D eigenvalue weighted by Gasteiger charge is 2.25. The van der Waals surface area contributed by atoms with Crippen LogP contribution in [-0.4, -0.2) is 27.0 Å². The van der Waals surface area contributed by atoms with Crippen LogP contribution in [0.5, 0.6) is 5.75 Å². The van der Waals surface area contributed by atoms with E-state index in [-0.39, 0.29) is 0 Å². The van der Waals surface area contributed by atoms with Crippen molar-refractivity contribution in [3.63, 3.8) is 0 Å². The first-order chi connectivity index (χ1) is 8.40. The molecular weight excluding hydrogens is 214 g/mol. The van der Waals surface area contributed by atoms with Gasteiger partial charge in [-0.3, -0.25) is 0 Å². The Morgan fingerprint density at radius 2 is 2.00 bits per heavy atom. The molecule has 0 amide bonds. The van der Waals surface area contributed by atoms with Gasteiger partial charge in [-0.25, -0.2) is 0 Å². The Morgan fingerprint density at radius 1 is 1.18 bits per heavy atom. The fourth-order valence-electron chi connectivity index (χ4n) is 3.00. The first kappa shape index (κ1) is 10.9. The zero-order valence-electron chi connectivity index (χ0n) is 10.4. The fourth-order valence-corrected chi connectivity index (χ4v) is 3.00. The van der Waals surface area contributed by atoms with Crippen LogP contribution in [0.4, 0.5) is 5.69 Å². The van der Waals surface area contributed by atoms with Crippen molar-refractivity contribution in [2.45, 2.75) is 25.7 Å². The van der Waals surface area contributed by atoms with Gasteiger partial charge in [-0.2, -0.15) is 0 Å². The molecule has 0 atom stereocenters. The quantitative estimate of drug-likeness (QED) is 0.748. The third kappa shape index (κ3) is 1.89. The molecule has 0 saturated heterocycles. The van der Waals surface area contributed by atoms with Crippen LogP contribution in [0.1, 0.15) is 24.0 Å². The molecule has 92 valence electrons. The van der Waals surface area contributed by atoms with Crippen LogP contribution in [0.3, 0.4) is 0 Å². The summed E-state index contributed by atoms with van der Waals surface area (Å²) >= 11 is 0. The Morgan fingerprint density at radius 3 is 2.82 bits per heavy atom. The summed E-state index contributed by atoms with van der Waals surface area (Å²) in [6.07, 6.45) is 4.87. The average Bonchev–Trinajstić information content (AvgIpc) is 2.39. The molecule has 0 radical (unpaired) electrons. The number of benzene rings is 1. The van der Waals surface area contributed by atoms with E-state index in [1.165, 1.54) is 49.2 Å². The molecule has 2 heterocycles. The Balaban J connectivity index is 2.00. The monoisotopic (exact) mass is 233 g/mol. The van der Waals surface area contributed by atoms with Crippen LogP contribution >= 0.6 is 0 Å². The van der Waals surface area contributed by atoms with Crippen molar-refractivity contribution in [2.75, 3.05) is 31.9 Å². The standard InChI is InChI=1S/C14H19NO2/c1-16-10-17-13-7-6-11-4-2-8-15-9-3-5-12(13)14(11)15/h6-7H,2-5,8-10H2,1H3. The Hall–Kier alpha value is -1.22. The third-order valence-electron chi connectivity index (χ3n) is 3.70.